The van der Waals surface area contributed by atoms with Crippen LogP contribution in [0.1, 0.15) is 12.1 Å². The molecular weight excluding hydrogens is 166 g/mol. The minimum Gasteiger partial charge on any atom is -0.320 e. The molecule has 0 spiro atoms. The molecule has 1 aromatic rings. The van der Waals surface area contributed by atoms with E-state index >= 15 is 0 Å². The number of nitrogens with one attached hydrogen (secondary N) is 2. The fourth-order valence-corrected chi connectivity index (χ4v) is 1.08. The highest BCUT2D eigenvalue weighted by atomic mass is 15.4. The van der Waals surface area contributed by atoms with Crippen molar-refractivity contribution in [3.63, 3.8) is 0 Å². The van der Waals surface area contributed by atoms with Crippen LogP contribution in [0.2, 0.25) is 0 Å². The standard InChI is InChI=1S/C8H17N5/c1-9-4-3-5-10-6-8-7-13(2)12-11-8/h7,9-10H,3-6H2,1-2H3. The van der Waals surface area contributed by atoms with Crippen LogP contribution in [0.25, 0.3) is 0 Å². The quantitative estimate of drug-likeness (QED) is 0.585. The summed E-state index contributed by atoms with van der Waals surface area (Å²) in [5.41, 5.74) is 0.993. The molecule has 13 heavy (non-hydrogen) atoms. The van der Waals surface area contributed by atoms with Crippen molar-refractivity contribution in [1.82, 2.24) is 25.6 Å². The highest BCUT2D eigenvalue weighted by Gasteiger charge is 1.95. The van der Waals surface area contributed by atoms with Gasteiger partial charge in [-0.2, -0.15) is 0 Å². The third kappa shape index (κ3) is 4.00. The van der Waals surface area contributed by atoms with Gasteiger partial charge in [-0.15, -0.1) is 5.10 Å². The van der Waals surface area contributed by atoms with Crippen LogP contribution in [0.15, 0.2) is 6.20 Å². The predicted molar refractivity (Wildman–Crippen MR) is 51.3 cm³/mol. The van der Waals surface area contributed by atoms with E-state index in [-0.39, 0.29) is 0 Å². The van der Waals surface area contributed by atoms with E-state index in [1.54, 1.807) is 4.68 Å². The van der Waals surface area contributed by atoms with Crippen LogP contribution >= 0.6 is 0 Å². The third-order valence-corrected chi connectivity index (χ3v) is 1.74. The number of nitrogens with zero attached hydrogens (tertiary/aromatic N) is 3. The Morgan fingerprint density at radius 1 is 1.46 bits per heavy atom. The summed E-state index contributed by atoms with van der Waals surface area (Å²) in [6.45, 7) is 2.86. The van der Waals surface area contributed by atoms with E-state index in [4.69, 9.17) is 0 Å². The molecule has 74 valence electrons. The van der Waals surface area contributed by atoms with Crippen LogP contribution in [-0.2, 0) is 13.6 Å². The van der Waals surface area contributed by atoms with Crippen molar-refractivity contribution in [2.75, 3.05) is 20.1 Å². The lowest BCUT2D eigenvalue weighted by Crippen LogP contribution is -2.19. The van der Waals surface area contributed by atoms with Crippen LogP contribution in [0.5, 0.6) is 0 Å². The molecule has 5 nitrogen and oxygen atoms in total. The normalized spacial score (nSPS) is 10.6. The average Bonchev–Trinajstić information content (AvgIpc) is 2.51. The molecule has 0 aromatic carbocycles. The number of aromatic nitrogens is 3. The second kappa shape index (κ2) is 5.66. The Balaban J connectivity index is 2.06. The van der Waals surface area contributed by atoms with Gasteiger partial charge in [-0.3, -0.25) is 4.68 Å². The van der Waals surface area contributed by atoms with Crippen LogP contribution in [0, 0.1) is 0 Å². The van der Waals surface area contributed by atoms with Crippen LogP contribution < -0.4 is 10.6 Å². The summed E-state index contributed by atoms with van der Waals surface area (Å²) in [4.78, 5) is 0. The van der Waals surface area contributed by atoms with Gasteiger partial charge in [-0.1, -0.05) is 5.21 Å². The van der Waals surface area contributed by atoms with Crippen molar-refractivity contribution in [3.8, 4) is 0 Å². The average molecular weight is 183 g/mol. The van der Waals surface area contributed by atoms with Gasteiger partial charge in [0.1, 0.15) is 0 Å². The maximum Gasteiger partial charge on any atom is 0.0964 e. The van der Waals surface area contributed by atoms with Gasteiger partial charge in [0.05, 0.1) is 5.69 Å². The highest BCUT2D eigenvalue weighted by Crippen LogP contribution is 1.89. The van der Waals surface area contributed by atoms with Crippen molar-refractivity contribution in [2.24, 2.45) is 7.05 Å². The Morgan fingerprint density at radius 3 is 2.92 bits per heavy atom. The largest absolute Gasteiger partial charge is 0.320 e. The first-order chi connectivity index (χ1) is 6.33. The summed E-state index contributed by atoms with van der Waals surface area (Å²) in [5.74, 6) is 0. The molecule has 0 aliphatic rings. The van der Waals surface area contributed by atoms with Crippen LogP contribution in [0.3, 0.4) is 0 Å². The van der Waals surface area contributed by atoms with E-state index < -0.39 is 0 Å². The van der Waals surface area contributed by atoms with Gasteiger partial charge in [0.15, 0.2) is 0 Å². The lowest BCUT2D eigenvalue weighted by Gasteiger charge is -2.00. The molecule has 1 aromatic heterocycles. The molecule has 0 saturated carbocycles. The maximum absolute atomic E-state index is 3.97. The van der Waals surface area contributed by atoms with E-state index in [9.17, 15) is 0 Å². The summed E-state index contributed by atoms with van der Waals surface area (Å²) >= 11 is 0. The Hall–Kier alpha value is -0.940. The van der Waals surface area contributed by atoms with E-state index in [0.717, 1.165) is 31.7 Å². The maximum atomic E-state index is 3.97. The molecule has 0 atom stereocenters. The molecule has 1 heterocycles. The summed E-state index contributed by atoms with van der Waals surface area (Å²) < 4.78 is 1.71. The van der Waals surface area contributed by atoms with Crippen LogP contribution in [-0.4, -0.2) is 35.1 Å². The van der Waals surface area contributed by atoms with Crippen molar-refractivity contribution >= 4 is 0 Å². The fraction of sp³-hybridized carbons (Fsp3) is 0.750. The highest BCUT2D eigenvalue weighted by molar-refractivity contribution is 4.90. The number of hydrogen-bond acceptors (Lipinski definition) is 4. The molecule has 2 N–H and O–H groups in total. The zero-order chi connectivity index (χ0) is 9.52. The molecule has 0 bridgehead atoms. The van der Waals surface area contributed by atoms with E-state index in [1.807, 2.05) is 20.3 Å². The van der Waals surface area contributed by atoms with E-state index in [0.29, 0.717) is 0 Å². The van der Waals surface area contributed by atoms with Crippen molar-refractivity contribution < 1.29 is 0 Å². The molecule has 0 radical (unpaired) electrons. The molecule has 0 aliphatic carbocycles. The van der Waals surface area contributed by atoms with Crippen molar-refractivity contribution in [2.45, 2.75) is 13.0 Å². The van der Waals surface area contributed by atoms with Crippen molar-refractivity contribution in [1.29, 1.82) is 0 Å². The molecule has 0 saturated heterocycles. The second-order valence-corrected chi connectivity index (χ2v) is 3.02. The minimum absolute atomic E-state index is 0.803. The lowest BCUT2D eigenvalue weighted by atomic mass is 10.4. The number of rotatable bonds is 6. The summed E-state index contributed by atoms with van der Waals surface area (Å²) in [5, 5.41) is 14.2. The summed E-state index contributed by atoms with van der Waals surface area (Å²) in [6, 6.07) is 0. The zero-order valence-electron chi connectivity index (χ0n) is 8.25. The molecule has 1 rings (SSSR count). The zero-order valence-corrected chi connectivity index (χ0v) is 8.25. The van der Waals surface area contributed by atoms with Gasteiger partial charge >= 0.3 is 0 Å². The molecule has 0 fully saturated rings. The SMILES string of the molecule is CNCCCNCc1cn(C)nn1. The third-order valence-electron chi connectivity index (χ3n) is 1.74. The molecule has 5 heteroatoms. The van der Waals surface area contributed by atoms with Crippen LogP contribution in [0.4, 0.5) is 0 Å². The Morgan fingerprint density at radius 2 is 2.31 bits per heavy atom. The Kier molecular flexibility index (Phi) is 4.42. The lowest BCUT2D eigenvalue weighted by molar-refractivity contribution is 0.618. The first-order valence-electron chi connectivity index (χ1n) is 4.53. The molecule has 0 amide bonds. The molecule has 0 aliphatic heterocycles. The number of hydrogen-bond donors (Lipinski definition) is 2. The van der Waals surface area contributed by atoms with Gasteiger partial charge in [0, 0.05) is 19.8 Å². The smallest absolute Gasteiger partial charge is 0.0964 e. The van der Waals surface area contributed by atoms with Gasteiger partial charge in [0.25, 0.3) is 0 Å². The number of aryl methyl sites for hydroxylation is 1. The van der Waals surface area contributed by atoms with Crippen molar-refractivity contribution in [3.05, 3.63) is 11.9 Å². The van der Waals surface area contributed by atoms with E-state index in [1.165, 1.54) is 0 Å². The van der Waals surface area contributed by atoms with Gasteiger partial charge in [0.2, 0.25) is 0 Å². The topological polar surface area (TPSA) is 54.8 Å². The molecular formula is C8H17N5. The second-order valence-electron chi connectivity index (χ2n) is 3.02. The Bertz CT molecular complexity index is 232. The minimum atomic E-state index is 0.803. The van der Waals surface area contributed by atoms with Gasteiger partial charge in [-0.25, -0.2) is 0 Å². The summed E-state index contributed by atoms with van der Waals surface area (Å²) in [6.07, 6.45) is 3.06. The fourth-order valence-electron chi connectivity index (χ4n) is 1.08. The first-order valence-corrected chi connectivity index (χ1v) is 4.53. The van der Waals surface area contributed by atoms with E-state index in [2.05, 4.69) is 20.9 Å². The molecule has 0 unspecified atom stereocenters. The summed E-state index contributed by atoms with van der Waals surface area (Å²) in [7, 11) is 3.83. The van der Waals surface area contributed by atoms with Gasteiger partial charge in [-0.05, 0) is 26.6 Å². The van der Waals surface area contributed by atoms with Gasteiger partial charge < -0.3 is 10.6 Å². The predicted octanol–water partition coefficient (Wildman–Crippen LogP) is -0.486. The first kappa shape index (κ1) is 10.1. The monoisotopic (exact) mass is 183 g/mol. The Labute approximate surface area is 78.5 Å².